The van der Waals surface area contributed by atoms with Gasteiger partial charge >= 0.3 is 0 Å². The standard InChI is InChI=1S/C16H27NO4/c1-2-7-18-8-9-19-15-11-20-16(21-12-15)14-5-3-13(10-17)4-6-14/h13-16H,2-9,11-12H2,1H3/t13?,14?,15-,16-. The second-order valence-electron chi connectivity index (χ2n) is 5.88. The Morgan fingerprint density at radius 1 is 1.05 bits per heavy atom. The molecule has 0 unspecified atom stereocenters. The van der Waals surface area contributed by atoms with Crippen molar-refractivity contribution in [3.63, 3.8) is 0 Å². The first-order valence-corrected chi connectivity index (χ1v) is 8.15. The second kappa shape index (κ2) is 9.37. The van der Waals surface area contributed by atoms with Gasteiger partial charge in [-0.1, -0.05) is 6.92 Å². The van der Waals surface area contributed by atoms with Crippen LogP contribution in [0.1, 0.15) is 39.0 Å². The molecular weight excluding hydrogens is 270 g/mol. The van der Waals surface area contributed by atoms with Gasteiger partial charge in [-0.15, -0.1) is 0 Å². The summed E-state index contributed by atoms with van der Waals surface area (Å²) in [5.41, 5.74) is 0. The summed E-state index contributed by atoms with van der Waals surface area (Å²) < 4.78 is 22.7. The molecule has 21 heavy (non-hydrogen) atoms. The molecule has 5 nitrogen and oxygen atoms in total. The summed E-state index contributed by atoms with van der Waals surface area (Å²) in [5.74, 6) is 0.660. The molecule has 1 saturated carbocycles. The first-order chi connectivity index (χ1) is 10.3. The maximum absolute atomic E-state index is 8.92. The molecule has 2 aliphatic rings. The van der Waals surface area contributed by atoms with Gasteiger partial charge in [0.05, 0.1) is 32.5 Å². The molecule has 0 N–H and O–H groups in total. The molecule has 0 amide bonds. The summed E-state index contributed by atoms with van der Waals surface area (Å²) in [6.07, 6.45) is 4.94. The van der Waals surface area contributed by atoms with Crippen molar-refractivity contribution in [1.29, 1.82) is 5.26 Å². The Labute approximate surface area is 127 Å². The molecule has 2 fully saturated rings. The lowest BCUT2D eigenvalue weighted by atomic mass is 9.82. The maximum atomic E-state index is 8.92. The summed E-state index contributed by atoms with van der Waals surface area (Å²) in [6, 6.07) is 2.36. The zero-order valence-corrected chi connectivity index (χ0v) is 13.0. The van der Waals surface area contributed by atoms with Crippen LogP contribution < -0.4 is 0 Å². The van der Waals surface area contributed by atoms with Crippen LogP contribution in [-0.2, 0) is 18.9 Å². The molecule has 0 aromatic rings. The second-order valence-corrected chi connectivity index (χ2v) is 5.88. The van der Waals surface area contributed by atoms with E-state index in [9.17, 15) is 0 Å². The quantitative estimate of drug-likeness (QED) is 0.676. The Balaban J connectivity index is 1.57. The number of ether oxygens (including phenoxy) is 4. The Morgan fingerprint density at radius 3 is 2.38 bits per heavy atom. The number of nitrogens with zero attached hydrogens (tertiary/aromatic N) is 1. The van der Waals surface area contributed by atoms with Gasteiger partial charge in [-0.3, -0.25) is 0 Å². The summed E-state index contributed by atoms with van der Waals surface area (Å²) in [4.78, 5) is 0. The van der Waals surface area contributed by atoms with Gasteiger partial charge in [0.15, 0.2) is 6.29 Å². The summed E-state index contributed by atoms with van der Waals surface area (Å²) in [6.45, 7) is 5.29. The van der Waals surface area contributed by atoms with Crippen LogP contribution in [0.15, 0.2) is 0 Å². The van der Waals surface area contributed by atoms with Crippen molar-refractivity contribution in [2.45, 2.75) is 51.4 Å². The van der Waals surface area contributed by atoms with Crippen LogP contribution in [0.4, 0.5) is 0 Å². The number of hydrogen-bond acceptors (Lipinski definition) is 5. The normalized spacial score (nSPS) is 33.5. The molecule has 5 heteroatoms. The molecule has 0 aromatic carbocycles. The Hall–Kier alpha value is -0.670. The van der Waals surface area contributed by atoms with Crippen LogP contribution in [0, 0.1) is 23.2 Å². The largest absolute Gasteiger partial charge is 0.379 e. The lowest BCUT2D eigenvalue weighted by Gasteiger charge is -2.36. The van der Waals surface area contributed by atoms with E-state index >= 15 is 0 Å². The van der Waals surface area contributed by atoms with Crippen LogP contribution in [-0.4, -0.2) is 45.4 Å². The predicted molar refractivity (Wildman–Crippen MR) is 77.6 cm³/mol. The highest BCUT2D eigenvalue weighted by atomic mass is 16.7. The van der Waals surface area contributed by atoms with Crippen molar-refractivity contribution in [1.82, 2.24) is 0 Å². The van der Waals surface area contributed by atoms with E-state index in [1.165, 1.54) is 0 Å². The van der Waals surface area contributed by atoms with E-state index in [1.807, 2.05) is 0 Å². The first-order valence-electron chi connectivity index (χ1n) is 8.15. The van der Waals surface area contributed by atoms with Gasteiger partial charge in [-0.25, -0.2) is 0 Å². The van der Waals surface area contributed by atoms with Gasteiger partial charge in [0, 0.05) is 18.4 Å². The van der Waals surface area contributed by atoms with Crippen molar-refractivity contribution in [3.05, 3.63) is 0 Å². The molecule has 0 bridgehead atoms. The predicted octanol–water partition coefficient (Wildman–Crippen LogP) is 2.50. The molecule has 0 atom stereocenters. The Kier molecular flexibility index (Phi) is 7.45. The third-order valence-corrected chi connectivity index (χ3v) is 4.16. The fraction of sp³-hybridized carbons (Fsp3) is 0.938. The van der Waals surface area contributed by atoms with Crippen molar-refractivity contribution in [2.75, 3.05) is 33.0 Å². The van der Waals surface area contributed by atoms with E-state index < -0.39 is 0 Å². The van der Waals surface area contributed by atoms with Crippen LogP contribution in [0.25, 0.3) is 0 Å². The Bertz CT molecular complexity index is 315. The fourth-order valence-electron chi connectivity index (χ4n) is 2.91. The van der Waals surface area contributed by atoms with Crippen molar-refractivity contribution >= 4 is 0 Å². The first kappa shape index (κ1) is 16.7. The van der Waals surface area contributed by atoms with Gasteiger partial charge in [-0.05, 0) is 32.1 Å². The van der Waals surface area contributed by atoms with E-state index in [4.69, 9.17) is 24.2 Å². The zero-order valence-electron chi connectivity index (χ0n) is 13.0. The van der Waals surface area contributed by atoms with Crippen molar-refractivity contribution in [2.24, 2.45) is 11.8 Å². The molecule has 0 radical (unpaired) electrons. The molecular formula is C16H27NO4. The van der Waals surface area contributed by atoms with E-state index in [-0.39, 0.29) is 18.3 Å². The lowest BCUT2D eigenvalue weighted by Crippen LogP contribution is -2.42. The van der Waals surface area contributed by atoms with Gasteiger partial charge in [0.1, 0.15) is 6.10 Å². The topological polar surface area (TPSA) is 60.7 Å². The molecule has 1 saturated heterocycles. The van der Waals surface area contributed by atoms with Crippen LogP contribution >= 0.6 is 0 Å². The Morgan fingerprint density at radius 2 is 1.76 bits per heavy atom. The minimum atomic E-state index is -0.110. The maximum Gasteiger partial charge on any atom is 0.160 e. The fourth-order valence-corrected chi connectivity index (χ4v) is 2.91. The van der Waals surface area contributed by atoms with Crippen LogP contribution in [0.2, 0.25) is 0 Å². The third-order valence-electron chi connectivity index (χ3n) is 4.16. The average molecular weight is 297 g/mol. The summed E-state index contributed by atoms with van der Waals surface area (Å²) in [5, 5.41) is 8.92. The summed E-state index contributed by atoms with van der Waals surface area (Å²) in [7, 11) is 0. The van der Waals surface area contributed by atoms with Gasteiger partial charge < -0.3 is 18.9 Å². The molecule has 1 aliphatic carbocycles. The van der Waals surface area contributed by atoms with Crippen molar-refractivity contribution < 1.29 is 18.9 Å². The molecule has 0 spiro atoms. The summed E-state index contributed by atoms with van der Waals surface area (Å²) >= 11 is 0. The number of hydrogen-bond donors (Lipinski definition) is 0. The molecule has 0 aromatic heterocycles. The SMILES string of the molecule is CCCOCCO[C@H]1CO[C@H](C2CCC(C#N)CC2)OC1. The number of rotatable bonds is 7. The number of nitriles is 1. The van der Waals surface area contributed by atoms with Crippen LogP contribution in [0.5, 0.6) is 0 Å². The third kappa shape index (κ3) is 5.55. The van der Waals surface area contributed by atoms with Gasteiger partial charge in [0.2, 0.25) is 0 Å². The highest BCUT2D eigenvalue weighted by Gasteiger charge is 2.32. The highest BCUT2D eigenvalue weighted by Crippen LogP contribution is 2.33. The van der Waals surface area contributed by atoms with E-state index in [1.54, 1.807) is 0 Å². The minimum absolute atomic E-state index is 0.0157. The molecule has 1 aliphatic heterocycles. The van der Waals surface area contributed by atoms with E-state index in [0.717, 1.165) is 38.7 Å². The molecule has 2 rings (SSSR count). The van der Waals surface area contributed by atoms with E-state index in [0.29, 0.717) is 32.3 Å². The van der Waals surface area contributed by atoms with Gasteiger partial charge in [0.25, 0.3) is 0 Å². The zero-order chi connectivity index (χ0) is 14.9. The van der Waals surface area contributed by atoms with Crippen molar-refractivity contribution in [3.8, 4) is 6.07 Å². The molecule has 120 valence electrons. The average Bonchev–Trinajstić information content (AvgIpc) is 2.55. The van der Waals surface area contributed by atoms with Crippen LogP contribution in [0.3, 0.4) is 0 Å². The minimum Gasteiger partial charge on any atom is -0.379 e. The lowest BCUT2D eigenvalue weighted by molar-refractivity contribution is -0.250. The molecule has 1 heterocycles. The smallest absolute Gasteiger partial charge is 0.160 e. The van der Waals surface area contributed by atoms with E-state index in [2.05, 4.69) is 13.0 Å². The monoisotopic (exact) mass is 297 g/mol. The van der Waals surface area contributed by atoms with Gasteiger partial charge in [-0.2, -0.15) is 5.26 Å². The highest BCUT2D eigenvalue weighted by molar-refractivity contribution is 4.88.